The third-order valence-corrected chi connectivity index (χ3v) is 4.34. The Balaban J connectivity index is 1.64. The topological polar surface area (TPSA) is 100 Å². The van der Waals surface area contributed by atoms with Gasteiger partial charge in [0.05, 0.1) is 21.3 Å². The molecule has 3 rings (SSSR count). The molecule has 3 aromatic rings. The molecule has 0 atom stereocenters. The number of carbonyl (C=O) groups excluding carboxylic acids is 1. The van der Waals surface area contributed by atoms with E-state index in [4.69, 9.17) is 14.2 Å². The van der Waals surface area contributed by atoms with Gasteiger partial charge >= 0.3 is 0 Å². The van der Waals surface area contributed by atoms with Crippen LogP contribution in [0.2, 0.25) is 0 Å². The Kier molecular flexibility index (Phi) is 6.28. The second-order valence-corrected chi connectivity index (χ2v) is 6.27. The first-order valence-corrected chi connectivity index (χ1v) is 8.95. The average molecular weight is 397 g/mol. The van der Waals surface area contributed by atoms with Crippen molar-refractivity contribution in [3.63, 3.8) is 0 Å². The fraction of sp³-hybridized carbons (Fsp3) is 0.300. The summed E-state index contributed by atoms with van der Waals surface area (Å²) in [5.41, 5.74) is 2.73. The summed E-state index contributed by atoms with van der Waals surface area (Å²) in [5.74, 6) is 1.79. The highest BCUT2D eigenvalue weighted by molar-refractivity contribution is 5.75. The van der Waals surface area contributed by atoms with Crippen LogP contribution in [0.4, 0.5) is 0 Å². The molecule has 0 aliphatic rings. The van der Waals surface area contributed by atoms with Gasteiger partial charge in [-0.3, -0.25) is 4.79 Å². The Morgan fingerprint density at radius 1 is 1.07 bits per heavy atom. The molecule has 0 aliphatic heterocycles. The van der Waals surface area contributed by atoms with E-state index in [1.807, 2.05) is 31.2 Å². The molecule has 0 saturated carbocycles. The Bertz CT molecular complexity index is 977. The third-order valence-electron chi connectivity index (χ3n) is 4.34. The van der Waals surface area contributed by atoms with E-state index in [-0.39, 0.29) is 19.0 Å². The summed E-state index contributed by atoms with van der Waals surface area (Å²) in [6.07, 6.45) is 0. The SMILES string of the molecule is COc1cc(CNC(=O)Cn2nnc(-c3ccccc3C)n2)cc(OC)c1OC. The molecule has 1 amide bonds. The van der Waals surface area contributed by atoms with Gasteiger partial charge in [-0.1, -0.05) is 24.3 Å². The summed E-state index contributed by atoms with van der Waals surface area (Å²) in [6.45, 7) is 2.22. The van der Waals surface area contributed by atoms with Crippen LogP contribution in [-0.4, -0.2) is 47.4 Å². The van der Waals surface area contributed by atoms with Crippen molar-refractivity contribution < 1.29 is 19.0 Å². The Labute approximate surface area is 168 Å². The van der Waals surface area contributed by atoms with Crippen molar-refractivity contribution in [2.45, 2.75) is 20.0 Å². The van der Waals surface area contributed by atoms with Gasteiger partial charge in [-0.25, -0.2) is 0 Å². The molecule has 9 heteroatoms. The highest BCUT2D eigenvalue weighted by Crippen LogP contribution is 2.38. The average Bonchev–Trinajstić information content (AvgIpc) is 3.19. The highest BCUT2D eigenvalue weighted by atomic mass is 16.5. The molecule has 0 radical (unpaired) electrons. The van der Waals surface area contributed by atoms with Gasteiger partial charge in [-0.15, -0.1) is 10.2 Å². The van der Waals surface area contributed by atoms with Crippen molar-refractivity contribution in [3.8, 4) is 28.6 Å². The minimum absolute atomic E-state index is 0.0384. The Hall–Kier alpha value is -3.62. The molecule has 152 valence electrons. The molecule has 1 N–H and O–H groups in total. The zero-order chi connectivity index (χ0) is 20.8. The van der Waals surface area contributed by atoms with Gasteiger partial charge in [0.1, 0.15) is 6.54 Å². The zero-order valence-corrected chi connectivity index (χ0v) is 16.8. The molecule has 0 aliphatic carbocycles. The summed E-state index contributed by atoms with van der Waals surface area (Å²) >= 11 is 0. The summed E-state index contributed by atoms with van der Waals surface area (Å²) in [4.78, 5) is 13.6. The first-order chi connectivity index (χ1) is 14.0. The first-order valence-electron chi connectivity index (χ1n) is 8.95. The van der Waals surface area contributed by atoms with Gasteiger partial charge < -0.3 is 19.5 Å². The van der Waals surface area contributed by atoms with Crippen molar-refractivity contribution >= 4 is 5.91 Å². The van der Waals surface area contributed by atoms with Crippen LogP contribution in [0, 0.1) is 6.92 Å². The number of nitrogens with zero attached hydrogens (tertiary/aromatic N) is 4. The summed E-state index contributed by atoms with van der Waals surface area (Å²) in [6, 6.07) is 11.3. The van der Waals surface area contributed by atoms with Gasteiger partial charge in [0.2, 0.25) is 17.5 Å². The summed E-state index contributed by atoms with van der Waals surface area (Å²) in [5, 5.41) is 15.1. The van der Waals surface area contributed by atoms with Crippen molar-refractivity contribution in [1.82, 2.24) is 25.5 Å². The fourth-order valence-electron chi connectivity index (χ4n) is 2.86. The molecule has 29 heavy (non-hydrogen) atoms. The quantitative estimate of drug-likeness (QED) is 0.620. The lowest BCUT2D eigenvalue weighted by molar-refractivity contribution is -0.122. The monoisotopic (exact) mass is 397 g/mol. The van der Waals surface area contributed by atoms with Crippen molar-refractivity contribution in [3.05, 3.63) is 47.5 Å². The predicted molar refractivity (Wildman–Crippen MR) is 106 cm³/mol. The van der Waals surface area contributed by atoms with Crippen molar-refractivity contribution in [2.75, 3.05) is 21.3 Å². The molecule has 0 fully saturated rings. The largest absolute Gasteiger partial charge is 0.493 e. The normalized spacial score (nSPS) is 10.5. The van der Waals surface area contributed by atoms with Crippen molar-refractivity contribution in [2.24, 2.45) is 0 Å². The van der Waals surface area contributed by atoms with E-state index in [0.29, 0.717) is 23.1 Å². The van der Waals surface area contributed by atoms with Gasteiger partial charge in [-0.2, -0.15) is 4.80 Å². The van der Waals surface area contributed by atoms with Gasteiger partial charge in [0.25, 0.3) is 0 Å². The molecular formula is C20H23N5O4. The Morgan fingerprint density at radius 2 is 1.76 bits per heavy atom. The first kappa shape index (κ1) is 20.1. The molecule has 0 saturated heterocycles. The summed E-state index contributed by atoms with van der Waals surface area (Å²) < 4.78 is 16.0. The van der Waals surface area contributed by atoms with Gasteiger partial charge in [0.15, 0.2) is 11.5 Å². The number of aromatic nitrogens is 4. The van der Waals surface area contributed by atoms with E-state index in [9.17, 15) is 4.79 Å². The maximum absolute atomic E-state index is 12.3. The lowest BCUT2D eigenvalue weighted by atomic mass is 10.1. The minimum Gasteiger partial charge on any atom is -0.493 e. The Morgan fingerprint density at radius 3 is 2.38 bits per heavy atom. The second kappa shape index (κ2) is 9.05. The van der Waals surface area contributed by atoms with E-state index in [2.05, 4.69) is 20.7 Å². The van der Waals surface area contributed by atoms with Crippen LogP contribution in [0.15, 0.2) is 36.4 Å². The van der Waals surface area contributed by atoms with Crippen LogP contribution in [-0.2, 0) is 17.9 Å². The maximum Gasteiger partial charge on any atom is 0.243 e. The number of carbonyl (C=O) groups is 1. The van der Waals surface area contributed by atoms with Crippen LogP contribution in [0.5, 0.6) is 17.2 Å². The van der Waals surface area contributed by atoms with Crippen LogP contribution < -0.4 is 19.5 Å². The number of aryl methyl sites for hydroxylation is 1. The molecule has 0 unspecified atom stereocenters. The number of methoxy groups -OCH3 is 3. The number of ether oxygens (including phenoxy) is 3. The number of rotatable bonds is 8. The lowest BCUT2D eigenvalue weighted by Gasteiger charge is -2.14. The van der Waals surface area contributed by atoms with E-state index in [1.54, 1.807) is 26.4 Å². The van der Waals surface area contributed by atoms with Crippen LogP contribution in [0.25, 0.3) is 11.4 Å². The van der Waals surface area contributed by atoms with E-state index < -0.39 is 0 Å². The van der Waals surface area contributed by atoms with Gasteiger partial charge in [-0.05, 0) is 35.4 Å². The molecule has 1 aromatic heterocycles. The van der Waals surface area contributed by atoms with Crippen molar-refractivity contribution in [1.29, 1.82) is 0 Å². The predicted octanol–water partition coefficient (Wildman–Crippen LogP) is 1.99. The standard InChI is InChI=1S/C20H23N5O4/c1-13-7-5-6-8-15(13)20-22-24-25(23-20)12-18(26)21-11-14-9-16(27-2)19(29-4)17(10-14)28-3/h5-10H,11-12H2,1-4H3,(H,21,26). The second-order valence-electron chi connectivity index (χ2n) is 6.27. The number of hydrogen-bond acceptors (Lipinski definition) is 7. The van der Waals surface area contributed by atoms with E-state index >= 15 is 0 Å². The lowest BCUT2D eigenvalue weighted by Crippen LogP contribution is -2.28. The maximum atomic E-state index is 12.3. The number of hydrogen-bond donors (Lipinski definition) is 1. The molecule has 2 aromatic carbocycles. The van der Waals surface area contributed by atoms with Crippen LogP contribution >= 0.6 is 0 Å². The number of tetrazole rings is 1. The molecule has 0 spiro atoms. The van der Waals surface area contributed by atoms with E-state index in [0.717, 1.165) is 16.7 Å². The van der Waals surface area contributed by atoms with Gasteiger partial charge in [0, 0.05) is 12.1 Å². The number of nitrogens with one attached hydrogen (secondary N) is 1. The molecule has 1 heterocycles. The third kappa shape index (κ3) is 4.63. The molecule has 9 nitrogen and oxygen atoms in total. The van der Waals surface area contributed by atoms with Crippen LogP contribution in [0.1, 0.15) is 11.1 Å². The van der Waals surface area contributed by atoms with Crippen LogP contribution in [0.3, 0.4) is 0 Å². The summed E-state index contributed by atoms with van der Waals surface area (Å²) in [7, 11) is 4.63. The number of benzene rings is 2. The molecule has 0 bridgehead atoms. The minimum atomic E-state index is -0.243. The van der Waals surface area contributed by atoms with E-state index in [1.165, 1.54) is 11.9 Å². The number of amides is 1. The molecular weight excluding hydrogens is 374 g/mol. The highest BCUT2D eigenvalue weighted by Gasteiger charge is 2.14. The smallest absolute Gasteiger partial charge is 0.243 e. The zero-order valence-electron chi connectivity index (χ0n) is 16.8. The fourth-order valence-corrected chi connectivity index (χ4v) is 2.86.